The lowest BCUT2D eigenvalue weighted by Crippen LogP contribution is -2.28. The van der Waals surface area contributed by atoms with Gasteiger partial charge >= 0.3 is 5.97 Å². The largest absolute Gasteiger partial charge is 0.463 e. The summed E-state index contributed by atoms with van der Waals surface area (Å²) in [5.74, 6) is -0.850. The number of hydrogen-bond donors (Lipinski definition) is 1. The number of thioether (sulfide) groups is 1. The molecule has 4 rings (SSSR count). The molecule has 9 heteroatoms. The van der Waals surface area contributed by atoms with Gasteiger partial charge in [-0.05, 0) is 31.2 Å². The molecule has 178 valence electrons. The number of carbonyl (C=O) groups is 1. The predicted octanol–water partition coefficient (Wildman–Crippen LogP) is 3.36. The first-order valence-corrected chi connectivity index (χ1v) is 12.2. The molecule has 0 saturated carbocycles. The van der Waals surface area contributed by atoms with Crippen molar-refractivity contribution in [3.8, 4) is 12.1 Å². The van der Waals surface area contributed by atoms with Crippen molar-refractivity contribution in [3.63, 3.8) is 0 Å². The molecular weight excluding hydrogens is 462 g/mol. The summed E-state index contributed by atoms with van der Waals surface area (Å²) in [5, 5.41) is 20.1. The number of rotatable bonds is 6. The highest BCUT2D eigenvalue weighted by atomic mass is 32.2. The van der Waals surface area contributed by atoms with E-state index in [1.165, 1.54) is 11.8 Å². The SMILES string of the molecule is CCOC(=O)C1=C(CSc2nc3c(cc2C#N)CN(C)CC3)OC(N)=C(C#N)[C@@H]1c1ccccc1. The molecule has 1 atom stereocenters. The first kappa shape index (κ1) is 24.3. The van der Waals surface area contributed by atoms with E-state index in [1.54, 1.807) is 6.92 Å². The summed E-state index contributed by atoms with van der Waals surface area (Å²) in [5.41, 5.74) is 9.75. The van der Waals surface area contributed by atoms with Crippen LogP contribution in [0.1, 0.15) is 35.2 Å². The maximum absolute atomic E-state index is 13.1. The number of ether oxygens (including phenoxy) is 2. The fourth-order valence-corrected chi connectivity index (χ4v) is 5.17. The highest BCUT2D eigenvalue weighted by Gasteiger charge is 2.37. The standard InChI is InChI=1S/C26H25N5O3S/c1-3-33-26(32)23-21(34-24(29)19(13-28)22(23)16-7-5-4-6-8-16)15-35-25-17(12-27)11-18-14-31(2)10-9-20(18)30-25/h4-8,11,22H,3,9-10,14-15,29H2,1-2H3/t22-/m0/s1. The molecule has 0 bridgehead atoms. The maximum Gasteiger partial charge on any atom is 0.338 e. The number of aromatic nitrogens is 1. The Morgan fingerprint density at radius 1 is 1.31 bits per heavy atom. The molecule has 3 heterocycles. The van der Waals surface area contributed by atoms with Crippen LogP contribution in [0.15, 0.2) is 64.2 Å². The van der Waals surface area contributed by atoms with Gasteiger partial charge in [0.2, 0.25) is 5.88 Å². The van der Waals surface area contributed by atoms with Crippen LogP contribution in [0, 0.1) is 22.7 Å². The van der Waals surface area contributed by atoms with E-state index in [-0.39, 0.29) is 29.4 Å². The molecule has 2 aliphatic rings. The van der Waals surface area contributed by atoms with Crippen LogP contribution in [-0.2, 0) is 27.2 Å². The minimum absolute atomic E-state index is 0.0491. The molecule has 0 unspecified atom stereocenters. The summed E-state index contributed by atoms with van der Waals surface area (Å²) in [6, 6.07) is 15.4. The van der Waals surface area contributed by atoms with Gasteiger partial charge in [0.15, 0.2) is 0 Å². The number of hydrogen-bond acceptors (Lipinski definition) is 9. The number of nitrogens with zero attached hydrogens (tertiary/aromatic N) is 4. The Bertz CT molecular complexity index is 1290. The van der Waals surface area contributed by atoms with Gasteiger partial charge in [-0.25, -0.2) is 9.78 Å². The van der Waals surface area contributed by atoms with E-state index in [1.807, 2.05) is 43.4 Å². The van der Waals surface area contributed by atoms with Gasteiger partial charge in [0.05, 0.1) is 29.4 Å². The van der Waals surface area contributed by atoms with Crippen molar-refractivity contribution in [2.45, 2.75) is 30.8 Å². The topological polar surface area (TPSA) is 125 Å². The van der Waals surface area contributed by atoms with Crippen LogP contribution < -0.4 is 5.73 Å². The number of allylic oxidation sites excluding steroid dienone is 1. The molecule has 2 N–H and O–H groups in total. The number of likely N-dealkylation sites (N-methyl/N-ethyl adjacent to an activating group) is 1. The van der Waals surface area contributed by atoms with Gasteiger partial charge in [0, 0.05) is 25.2 Å². The Hall–Kier alpha value is -3.79. The number of esters is 1. The first-order chi connectivity index (χ1) is 17.0. The van der Waals surface area contributed by atoms with Crippen molar-refractivity contribution in [1.82, 2.24) is 9.88 Å². The summed E-state index contributed by atoms with van der Waals surface area (Å²) in [6.45, 7) is 3.54. The van der Waals surface area contributed by atoms with E-state index in [9.17, 15) is 15.3 Å². The average Bonchev–Trinajstić information content (AvgIpc) is 2.87. The molecule has 2 aliphatic heterocycles. The van der Waals surface area contributed by atoms with E-state index in [4.69, 9.17) is 20.2 Å². The van der Waals surface area contributed by atoms with Crippen LogP contribution in [0.5, 0.6) is 0 Å². The number of nitriles is 2. The lowest BCUT2D eigenvalue weighted by molar-refractivity contribution is -0.139. The maximum atomic E-state index is 13.1. The Morgan fingerprint density at radius 3 is 2.77 bits per heavy atom. The average molecular weight is 488 g/mol. The Kier molecular flexibility index (Phi) is 7.40. The Balaban J connectivity index is 1.73. The van der Waals surface area contributed by atoms with Crippen molar-refractivity contribution in [3.05, 3.63) is 81.6 Å². The fourth-order valence-electron chi connectivity index (χ4n) is 4.25. The smallest absolute Gasteiger partial charge is 0.338 e. The van der Waals surface area contributed by atoms with Crippen LogP contribution in [0.4, 0.5) is 0 Å². The lowest BCUT2D eigenvalue weighted by Gasteiger charge is -2.28. The lowest BCUT2D eigenvalue weighted by atomic mass is 9.83. The van der Waals surface area contributed by atoms with Crippen molar-refractivity contribution in [1.29, 1.82) is 10.5 Å². The minimum Gasteiger partial charge on any atom is -0.463 e. The molecular formula is C26H25N5O3S. The number of carbonyl (C=O) groups excluding carboxylic acids is 1. The minimum atomic E-state index is -0.716. The van der Waals surface area contributed by atoms with E-state index in [0.717, 1.165) is 36.3 Å². The molecule has 8 nitrogen and oxygen atoms in total. The van der Waals surface area contributed by atoms with Crippen LogP contribution in [0.25, 0.3) is 0 Å². The molecule has 0 fully saturated rings. The molecule has 0 saturated heterocycles. The number of benzene rings is 1. The molecule has 1 aromatic heterocycles. The summed E-state index contributed by atoms with van der Waals surface area (Å²) in [7, 11) is 2.04. The molecule has 0 aliphatic carbocycles. The summed E-state index contributed by atoms with van der Waals surface area (Å²) in [4.78, 5) is 20.1. The predicted molar refractivity (Wildman–Crippen MR) is 130 cm³/mol. The second-order valence-corrected chi connectivity index (χ2v) is 9.19. The van der Waals surface area contributed by atoms with Crippen LogP contribution in [-0.4, -0.2) is 41.8 Å². The monoisotopic (exact) mass is 487 g/mol. The molecule has 1 aromatic carbocycles. The van der Waals surface area contributed by atoms with Gasteiger partial charge in [0.1, 0.15) is 28.5 Å². The Labute approximate surface area is 208 Å². The second kappa shape index (κ2) is 10.6. The third kappa shape index (κ3) is 5.02. The zero-order valence-electron chi connectivity index (χ0n) is 19.6. The molecule has 35 heavy (non-hydrogen) atoms. The van der Waals surface area contributed by atoms with Gasteiger partial charge in [-0.1, -0.05) is 42.1 Å². The summed E-state index contributed by atoms with van der Waals surface area (Å²) < 4.78 is 11.2. The molecule has 0 spiro atoms. The third-order valence-electron chi connectivity index (χ3n) is 5.91. The number of pyridine rings is 1. The number of fused-ring (bicyclic) bond motifs is 1. The highest BCUT2D eigenvalue weighted by Crippen LogP contribution is 2.41. The molecule has 0 radical (unpaired) electrons. The third-order valence-corrected chi connectivity index (χ3v) is 6.90. The first-order valence-electron chi connectivity index (χ1n) is 11.2. The van der Waals surface area contributed by atoms with E-state index < -0.39 is 11.9 Å². The quantitative estimate of drug-likeness (QED) is 0.482. The van der Waals surface area contributed by atoms with E-state index in [0.29, 0.717) is 16.3 Å². The van der Waals surface area contributed by atoms with E-state index in [2.05, 4.69) is 17.0 Å². The van der Waals surface area contributed by atoms with Crippen LogP contribution in [0.2, 0.25) is 0 Å². The Morgan fingerprint density at radius 2 is 2.09 bits per heavy atom. The second-order valence-electron chi connectivity index (χ2n) is 8.23. The van der Waals surface area contributed by atoms with Crippen molar-refractivity contribution in [2.24, 2.45) is 5.73 Å². The molecule has 0 amide bonds. The van der Waals surface area contributed by atoms with Crippen molar-refractivity contribution < 1.29 is 14.3 Å². The van der Waals surface area contributed by atoms with Gasteiger partial charge in [0.25, 0.3) is 0 Å². The van der Waals surface area contributed by atoms with Crippen molar-refractivity contribution >= 4 is 17.7 Å². The van der Waals surface area contributed by atoms with Gasteiger partial charge in [-0.3, -0.25) is 0 Å². The highest BCUT2D eigenvalue weighted by molar-refractivity contribution is 7.99. The van der Waals surface area contributed by atoms with Crippen LogP contribution in [0.3, 0.4) is 0 Å². The van der Waals surface area contributed by atoms with Gasteiger partial charge < -0.3 is 20.1 Å². The fraction of sp³-hybridized carbons (Fsp3) is 0.308. The van der Waals surface area contributed by atoms with Gasteiger partial charge in [-0.2, -0.15) is 10.5 Å². The van der Waals surface area contributed by atoms with Gasteiger partial charge in [-0.15, -0.1) is 0 Å². The normalized spacial score (nSPS) is 17.8. The van der Waals surface area contributed by atoms with Crippen LogP contribution >= 0.6 is 11.8 Å². The summed E-state index contributed by atoms with van der Waals surface area (Å²) >= 11 is 1.30. The summed E-state index contributed by atoms with van der Waals surface area (Å²) in [6.07, 6.45) is 0.801. The number of nitrogens with two attached hydrogens (primary N) is 1. The zero-order valence-corrected chi connectivity index (χ0v) is 20.4. The molecule has 2 aromatic rings. The van der Waals surface area contributed by atoms with E-state index >= 15 is 0 Å². The van der Waals surface area contributed by atoms with Crippen molar-refractivity contribution in [2.75, 3.05) is 26.0 Å². The zero-order chi connectivity index (χ0) is 24.9.